The van der Waals surface area contributed by atoms with Crippen LogP contribution in [-0.2, 0) is 4.79 Å². The second-order valence-electron chi connectivity index (χ2n) is 7.26. The molecule has 7 nitrogen and oxygen atoms in total. The van der Waals surface area contributed by atoms with Crippen molar-refractivity contribution in [2.24, 2.45) is 5.41 Å². The highest BCUT2D eigenvalue weighted by molar-refractivity contribution is 14.1. The number of hydrogen-bond donors (Lipinski definition) is 2. The van der Waals surface area contributed by atoms with Crippen molar-refractivity contribution in [3.63, 3.8) is 0 Å². The van der Waals surface area contributed by atoms with E-state index in [1.54, 1.807) is 42.6 Å². The molecule has 4 amide bonds. The van der Waals surface area contributed by atoms with Gasteiger partial charge in [-0.15, -0.1) is 0 Å². The monoisotopic (exact) mass is 478 g/mol. The average Bonchev–Trinajstić information content (AvgIpc) is 2.91. The zero-order valence-electron chi connectivity index (χ0n) is 15.1. The van der Waals surface area contributed by atoms with Crippen LogP contribution in [0.5, 0.6) is 0 Å². The van der Waals surface area contributed by atoms with E-state index in [0.717, 1.165) is 4.90 Å². The first-order valence-electron chi connectivity index (χ1n) is 8.35. The van der Waals surface area contributed by atoms with Crippen molar-refractivity contribution in [2.45, 2.75) is 26.8 Å². The molecular weight excluding hydrogens is 459 g/mol. The Hall–Kier alpha value is -2.49. The molecule has 1 aromatic heterocycles. The largest absolute Gasteiger partial charge is 0.329 e. The van der Waals surface area contributed by atoms with Gasteiger partial charge < -0.3 is 10.6 Å². The van der Waals surface area contributed by atoms with Crippen LogP contribution in [0.15, 0.2) is 42.6 Å². The van der Waals surface area contributed by atoms with Crippen molar-refractivity contribution in [3.8, 4) is 0 Å². The number of nitrogens with zero attached hydrogens (tertiary/aromatic N) is 2. The van der Waals surface area contributed by atoms with E-state index in [1.165, 1.54) is 0 Å². The van der Waals surface area contributed by atoms with Crippen LogP contribution < -0.4 is 15.5 Å². The minimum Gasteiger partial charge on any atom is -0.325 e. The van der Waals surface area contributed by atoms with Crippen LogP contribution in [-0.4, -0.2) is 28.9 Å². The molecule has 1 saturated heterocycles. The standard InChI is InChI=1S/C19H19IN4O3/c1-19(2,3)15-17(26)24(18(27)23-15)14-8-7-11(10-12(14)20)22-16(25)13-6-4-5-9-21-13/h4-10,15H,1-3H3,(H,22,25)(H,23,27). The molecule has 0 bridgehead atoms. The number of anilines is 2. The van der Waals surface area contributed by atoms with Gasteiger partial charge in [0.25, 0.3) is 11.8 Å². The van der Waals surface area contributed by atoms with Crippen molar-refractivity contribution in [3.05, 3.63) is 51.9 Å². The lowest BCUT2D eigenvalue weighted by atomic mass is 9.87. The summed E-state index contributed by atoms with van der Waals surface area (Å²) in [5.41, 5.74) is 0.960. The van der Waals surface area contributed by atoms with Crippen molar-refractivity contribution >= 4 is 51.8 Å². The van der Waals surface area contributed by atoms with E-state index in [0.29, 0.717) is 20.6 Å². The van der Waals surface area contributed by atoms with Gasteiger partial charge in [-0.2, -0.15) is 0 Å². The summed E-state index contributed by atoms with van der Waals surface area (Å²) in [6, 6.07) is 9.08. The van der Waals surface area contributed by atoms with E-state index in [-0.39, 0.29) is 17.2 Å². The SMILES string of the molecule is CC(C)(C)C1NC(=O)N(c2ccc(NC(=O)c3ccccn3)cc2I)C1=O. The lowest BCUT2D eigenvalue weighted by molar-refractivity contribution is -0.120. The summed E-state index contributed by atoms with van der Waals surface area (Å²) in [4.78, 5) is 42.5. The number of amides is 4. The quantitative estimate of drug-likeness (QED) is 0.523. The number of carbonyl (C=O) groups excluding carboxylic acids is 3. The molecular formula is C19H19IN4O3. The first kappa shape index (κ1) is 19.3. The topological polar surface area (TPSA) is 91.4 Å². The van der Waals surface area contributed by atoms with Gasteiger partial charge in [0.1, 0.15) is 11.7 Å². The zero-order valence-corrected chi connectivity index (χ0v) is 17.3. The lowest BCUT2D eigenvalue weighted by Crippen LogP contribution is -2.41. The van der Waals surface area contributed by atoms with Gasteiger partial charge in [-0.25, -0.2) is 9.69 Å². The number of carbonyl (C=O) groups is 3. The summed E-state index contributed by atoms with van der Waals surface area (Å²) in [7, 11) is 0. The normalized spacial score (nSPS) is 17.0. The second kappa shape index (κ2) is 7.26. The van der Waals surface area contributed by atoms with Crippen LogP contribution in [0.3, 0.4) is 0 Å². The highest BCUT2D eigenvalue weighted by Gasteiger charge is 2.45. The fourth-order valence-electron chi connectivity index (χ4n) is 2.75. The fraction of sp³-hybridized carbons (Fsp3) is 0.263. The van der Waals surface area contributed by atoms with E-state index in [4.69, 9.17) is 0 Å². The number of nitrogens with one attached hydrogen (secondary N) is 2. The van der Waals surface area contributed by atoms with E-state index in [1.807, 2.05) is 43.4 Å². The van der Waals surface area contributed by atoms with Gasteiger partial charge in [0.05, 0.1) is 5.69 Å². The van der Waals surface area contributed by atoms with Crippen molar-refractivity contribution in [1.29, 1.82) is 0 Å². The molecule has 1 aliphatic heterocycles. The molecule has 1 aromatic carbocycles. The number of urea groups is 1. The van der Waals surface area contributed by atoms with Gasteiger partial charge >= 0.3 is 6.03 Å². The molecule has 2 N–H and O–H groups in total. The molecule has 3 rings (SSSR count). The maximum Gasteiger partial charge on any atom is 0.329 e. The number of rotatable bonds is 3. The van der Waals surface area contributed by atoms with Crippen molar-refractivity contribution in [1.82, 2.24) is 10.3 Å². The summed E-state index contributed by atoms with van der Waals surface area (Å²) in [5.74, 6) is -0.613. The molecule has 2 heterocycles. The summed E-state index contributed by atoms with van der Waals surface area (Å²) >= 11 is 2.04. The third-order valence-electron chi connectivity index (χ3n) is 4.15. The molecule has 1 atom stereocenters. The highest BCUT2D eigenvalue weighted by Crippen LogP contribution is 2.32. The number of pyridine rings is 1. The molecule has 1 aliphatic rings. The molecule has 2 aromatic rings. The molecule has 0 saturated carbocycles. The van der Waals surface area contributed by atoms with Crippen molar-refractivity contribution in [2.75, 3.05) is 10.2 Å². The predicted molar refractivity (Wildman–Crippen MR) is 111 cm³/mol. The Kier molecular flexibility index (Phi) is 5.18. The van der Waals surface area contributed by atoms with Gasteiger partial charge in [-0.05, 0) is 58.3 Å². The van der Waals surface area contributed by atoms with Gasteiger partial charge in [0.15, 0.2) is 0 Å². The first-order chi connectivity index (χ1) is 12.7. The van der Waals surface area contributed by atoms with Crippen LogP contribution in [0.25, 0.3) is 0 Å². The van der Waals surface area contributed by atoms with Gasteiger partial charge in [-0.3, -0.25) is 14.6 Å². The van der Waals surface area contributed by atoms with Gasteiger partial charge in [0, 0.05) is 15.5 Å². The van der Waals surface area contributed by atoms with Crippen LogP contribution in [0, 0.1) is 8.99 Å². The molecule has 0 spiro atoms. The number of hydrogen-bond acceptors (Lipinski definition) is 4. The third-order valence-corrected chi connectivity index (χ3v) is 5.01. The summed E-state index contributed by atoms with van der Waals surface area (Å²) in [6.45, 7) is 5.71. The molecule has 1 unspecified atom stereocenters. The maximum absolute atomic E-state index is 12.7. The molecule has 140 valence electrons. The second-order valence-corrected chi connectivity index (χ2v) is 8.42. The minimum absolute atomic E-state index is 0.282. The maximum atomic E-state index is 12.7. The van der Waals surface area contributed by atoms with E-state index >= 15 is 0 Å². The van der Waals surface area contributed by atoms with Crippen LogP contribution in [0.4, 0.5) is 16.2 Å². The fourth-order valence-corrected chi connectivity index (χ4v) is 3.51. The van der Waals surface area contributed by atoms with E-state index < -0.39 is 12.1 Å². The van der Waals surface area contributed by atoms with E-state index in [2.05, 4.69) is 15.6 Å². The Morgan fingerprint density at radius 1 is 1.22 bits per heavy atom. The number of benzene rings is 1. The molecule has 0 radical (unpaired) electrons. The van der Waals surface area contributed by atoms with E-state index in [9.17, 15) is 14.4 Å². The highest BCUT2D eigenvalue weighted by atomic mass is 127. The van der Waals surface area contributed by atoms with Crippen molar-refractivity contribution < 1.29 is 14.4 Å². The summed E-state index contributed by atoms with van der Waals surface area (Å²) < 4.78 is 0.671. The van der Waals surface area contributed by atoms with Gasteiger partial charge in [-0.1, -0.05) is 26.8 Å². The lowest BCUT2D eigenvalue weighted by Gasteiger charge is -2.24. The minimum atomic E-state index is -0.579. The summed E-state index contributed by atoms with van der Waals surface area (Å²) in [6.07, 6.45) is 1.55. The molecule has 1 fully saturated rings. The first-order valence-corrected chi connectivity index (χ1v) is 9.43. The average molecular weight is 478 g/mol. The Morgan fingerprint density at radius 2 is 1.96 bits per heavy atom. The number of imide groups is 1. The van der Waals surface area contributed by atoms with Crippen LogP contribution >= 0.6 is 22.6 Å². The van der Waals surface area contributed by atoms with Gasteiger partial charge in [0.2, 0.25) is 0 Å². The molecule has 8 heteroatoms. The van der Waals surface area contributed by atoms with Crippen LogP contribution in [0.2, 0.25) is 0 Å². The molecule has 0 aliphatic carbocycles. The zero-order chi connectivity index (χ0) is 19.8. The Labute approximate surface area is 170 Å². The third kappa shape index (κ3) is 3.95. The number of aromatic nitrogens is 1. The Balaban J connectivity index is 1.82. The predicted octanol–water partition coefficient (Wildman–Crippen LogP) is 3.41. The molecule has 27 heavy (non-hydrogen) atoms. The number of halogens is 1. The van der Waals surface area contributed by atoms with Crippen LogP contribution in [0.1, 0.15) is 31.3 Å². The summed E-state index contributed by atoms with van der Waals surface area (Å²) in [5, 5.41) is 5.51. The smallest absolute Gasteiger partial charge is 0.325 e. The Bertz CT molecular complexity index is 909. The Morgan fingerprint density at radius 3 is 2.52 bits per heavy atom.